The van der Waals surface area contributed by atoms with Gasteiger partial charge in [-0.3, -0.25) is 0 Å². The van der Waals surface area contributed by atoms with Crippen molar-refractivity contribution >= 4 is 44.6 Å². The largest absolute Gasteiger partial charge is 0.509 e. The molecule has 1 aliphatic rings. The van der Waals surface area contributed by atoms with E-state index in [-0.39, 0.29) is 37.3 Å². The Labute approximate surface area is 405 Å². The van der Waals surface area contributed by atoms with Crippen LogP contribution in [0, 0.1) is 18.8 Å². The van der Waals surface area contributed by atoms with Crippen molar-refractivity contribution in [2.24, 2.45) is 0 Å². The fourth-order valence-electron chi connectivity index (χ4n) is 8.80. The molecule has 0 atom stereocenters. The molecule has 0 saturated carbocycles. The van der Waals surface area contributed by atoms with Crippen molar-refractivity contribution in [3.05, 3.63) is 199 Å². The fraction of sp³-hybridized carbons (Fsp3) is 0.200. The third kappa shape index (κ3) is 8.58. The SMILES string of the molecule is CC(C)(C)c1cc(-c2ccccc2)cc(N2[CH-]N(c3[c-]c(Oc4[c-]c5c(cc4)c4cc(-c6ccccc6)ccc4n5-c4cc(C(C)(C)C)ccn4)ccc3)c3ccc(C(C)(C)C)cc32)c1.[Pt]. The summed E-state index contributed by atoms with van der Waals surface area (Å²) in [5.41, 5.74) is 14.5. The Morgan fingerprint density at radius 2 is 1.15 bits per heavy atom. The van der Waals surface area contributed by atoms with Crippen LogP contribution in [0.3, 0.4) is 0 Å². The first-order valence-electron chi connectivity index (χ1n) is 22.6. The average molecular weight is 1040 g/mol. The molecule has 0 amide bonds. The quantitative estimate of drug-likeness (QED) is 0.149. The second kappa shape index (κ2) is 17.1. The van der Waals surface area contributed by atoms with E-state index in [1.54, 1.807) is 0 Å². The van der Waals surface area contributed by atoms with Crippen molar-refractivity contribution in [1.29, 1.82) is 0 Å². The maximum absolute atomic E-state index is 6.73. The zero-order valence-electron chi connectivity index (χ0n) is 39.2. The van der Waals surface area contributed by atoms with E-state index < -0.39 is 0 Å². The summed E-state index contributed by atoms with van der Waals surface area (Å²) in [7, 11) is 0. The summed E-state index contributed by atoms with van der Waals surface area (Å²) in [6.45, 7) is 22.6. The van der Waals surface area contributed by atoms with Crippen molar-refractivity contribution in [2.45, 2.75) is 78.6 Å². The molecule has 0 N–H and O–H groups in total. The molecule has 0 unspecified atom stereocenters. The molecule has 9 aromatic rings. The predicted octanol–water partition coefficient (Wildman–Crippen LogP) is 16.2. The summed E-state index contributed by atoms with van der Waals surface area (Å²) in [5, 5.41) is 2.21. The zero-order valence-corrected chi connectivity index (χ0v) is 41.5. The predicted molar refractivity (Wildman–Crippen MR) is 271 cm³/mol. The summed E-state index contributed by atoms with van der Waals surface area (Å²) < 4.78 is 8.95. The second-order valence-electron chi connectivity index (χ2n) is 20.4. The number of pyridine rings is 1. The summed E-state index contributed by atoms with van der Waals surface area (Å²) in [5.74, 6) is 2.04. The van der Waals surface area contributed by atoms with Gasteiger partial charge >= 0.3 is 0 Å². The van der Waals surface area contributed by atoms with E-state index in [1.807, 2.05) is 24.4 Å². The number of fused-ring (bicyclic) bond motifs is 4. The van der Waals surface area contributed by atoms with Gasteiger partial charge in [0.1, 0.15) is 5.82 Å². The van der Waals surface area contributed by atoms with Crippen molar-refractivity contribution in [3.63, 3.8) is 0 Å². The Bertz CT molecular complexity index is 3220. The Hall–Kier alpha value is -6.42. The van der Waals surface area contributed by atoms with Crippen LogP contribution in [-0.2, 0) is 37.3 Å². The monoisotopic (exact) mass is 1040 g/mol. The Balaban J connectivity index is 0.00000548. The van der Waals surface area contributed by atoms with Gasteiger partial charge in [0.2, 0.25) is 0 Å². The zero-order chi connectivity index (χ0) is 45.3. The molecule has 6 heteroatoms. The van der Waals surface area contributed by atoms with Crippen molar-refractivity contribution in [1.82, 2.24) is 9.55 Å². The Morgan fingerprint density at radius 3 is 1.85 bits per heavy atom. The average Bonchev–Trinajstić information content (AvgIpc) is 3.84. The fourth-order valence-corrected chi connectivity index (χ4v) is 8.80. The van der Waals surface area contributed by atoms with Crippen LogP contribution in [0.4, 0.5) is 22.7 Å². The van der Waals surface area contributed by atoms with Crippen molar-refractivity contribution in [3.8, 4) is 39.6 Å². The van der Waals surface area contributed by atoms with E-state index in [1.165, 1.54) is 33.4 Å². The molecular formula is C60H55N4OPt-3. The molecule has 0 spiro atoms. The first kappa shape index (κ1) is 44.8. The van der Waals surface area contributed by atoms with E-state index >= 15 is 0 Å². The number of anilines is 4. The maximum Gasteiger partial charge on any atom is 0.135 e. The van der Waals surface area contributed by atoms with Crippen LogP contribution in [0.5, 0.6) is 11.5 Å². The Morgan fingerprint density at radius 1 is 0.485 bits per heavy atom. The smallest absolute Gasteiger partial charge is 0.135 e. The number of aromatic nitrogens is 2. The summed E-state index contributed by atoms with van der Waals surface area (Å²) in [4.78, 5) is 9.49. The molecule has 0 aliphatic carbocycles. The van der Waals surface area contributed by atoms with Crippen LogP contribution in [-0.4, -0.2) is 9.55 Å². The van der Waals surface area contributed by atoms with Gasteiger partial charge in [-0.25, -0.2) is 4.98 Å². The van der Waals surface area contributed by atoms with Crippen LogP contribution in [0.1, 0.15) is 79.0 Å². The molecule has 0 fully saturated rings. The molecule has 3 heterocycles. The van der Waals surface area contributed by atoms with Crippen LogP contribution >= 0.6 is 0 Å². The molecule has 0 saturated heterocycles. The summed E-state index contributed by atoms with van der Waals surface area (Å²) in [6.07, 6.45) is 1.91. The number of hydrogen-bond acceptors (Lipinski definition) is 4. The minimum absolute atomic E-state index is 0. The topological polar surface area (TPSA) is 33.5 Å². The van der Waals surface area contributed by atoms with Gasteiger partial charge in [-0.15, -0.1) is 48.1 Å². The number of rotatable bonds is 7. The van der Waals surface area contributed by atoms with Crippen molar-refractivity contribution in [2.75, 3.05) is 9.80 Å². The number of hydrogen-bond donors (Lipinski definition) is 0. The van der Waals surface area contributed by atoms with Gasteiger partial charge in [-0.05, 0) is 103 Å². The number of benzene rings is 7. The van der Waals surface area contributed by atoms with E-state index in [2.05, 4.69) is 235 Å². The second-order valence-corrected chi connectivity index (χ2v) is 20.4. The van der Waals surface area contributed by atoms with Crippen LogP contribution in [0.15, 0.2) is 164 Å². The van der Waals surface area contributed by atoms with E-state index in [4.69, 9.17) is 9.72 Å². The van der Waals surface area contributed by atoms with Crippen LogP contribution < -0.4 is 14.5 Å². The number of ether oxygens (including phenoxy) is 1. The molecular weight excluding hydrogens is 988 g/mol. The van der Waals surface area contributed by atoms with Gasteiger partial charge in [0.25, 0.3) is 0 Å². The molecule has 1 aliphatic heterocycles. The van der Waals surface area contributed by atoms with Gasteiger partial charge in [-0.2, -0.15) is 12.1 Å². The summed E-state index contributed by atoms with van der Waals surface area (Å²) in [6, 6.07) is 63.6. The molecule has 10 rings (SSSR count). The van der Waals surface area contributed by atoms with Crippen LogP contribution in [0.2, 0.25) is 0 Å². The Kier molecular flexibility index (Phi) is 11.6. The standard InChI is InChI=1S/C60H55N4O.Pt/c1-58(2,3)44-24-28-54-56(35-44)63(48-32-43(41-19-14-11-15-20-41)31-46(34-48)60(7,8)9)39-62(54)47-21-16-22-49(37-47)65-50-25-26-51-52-33-42(40-17-12-10-13-18-40)23-27-53(52)64(55(51)38-50)57-36-45(29-30-61-57)59(4,5)6;/h10-36,39H,1-9H3;/q-3;. The third-order valence-electron chi connectivity index (χ3n) is 12.6. The molecule has 0 radical (unpaired) electrons. The minimum atomic E-state index is -0.0546. The summed E-state index contributed by atoms with van der Waals surface area (Å²) >= 11 is 0. The number of nitrogens with zero attached hydrogens (tertiary/aromatic N) is 4. The van der Waals surface area contributed by atoms with E-state index in [0.717, 1.165) is 55.9 Å². The normalized spacial score (nSPS) is 13.0. The molecule has 2 aromatic heterocycles. The first-order valence-corrected chi connectivity index (χ1v) is 22.6. The van der Waals surface area contributed by atoms with E-state index in [0.29, 0.717) is 11.5 Å². The molecule has 0 bridgehead atoms. The molecule has 66 heavy (non-hydrogen) atoms. The molecule has 7 aromatic carbocycles. The maximum atomic E-state index is 6.73. The molecule has 334 valence electrons. The molecule has 5 nitrogen and oxygen atoms in total. The van der Waals surface area contributed by atoms with Crippen molar-refractivity contribution < 1.29 is 25.8 Å². The van der Waals surface area contributed by atoms with Gasteiger partial charge in [-0.1, -0.05) is 153 Å². The van der Waals surface area contributed by atoms with E-state index in [9.17, 15) is 0 Å². The minimum Gasteiger partial charge on any atom is -0.509 e. The van der Waals surface area contributed by atoms with Gasteiger partial charge in [0, 0.05) is 61.3 Å². The van der Waals surface area contributed by atoms with Gasteiger partial charge in [0.05, 0.1) is 0 Å². The third-order valence-corrected chi connectivity index (χ3v) is 12.6. The van der Waals surface area contributed by atoms with Crippen LogP contribution in [0.25, 0.3) is 49.9 Å². The van der Waals surface area contributed by atoms with Gasteiger partial charge in [0.15, 0.2) is 0 Å². The van der Waals surface area contributed by atoms with Gasteiger partial charge < -0.3 is 19.1 Å². The first-order chi connectivity index (χ1) is 31.1.